The Morgan fingerprint density at radius 3 is 2.53 bits per heavy atom. The van der Waals surface area contributed by atoms with Crippen molar-refractivity contribution < 1.29 is 5.11 Å². The van der Waals surface area contributed by atoms with Gasteiger partial charge in [-0.1, -0.05) is 37.3 Å². The van der Waals surface area contributed by atoms with Crippen molar-refractivity contribution in [1.29, 1.82) is 0 Å². The van der Waals surface area contributed by atoms with E-state index in [1.807, 2.05) is 30.3 Å². The molecule has 1 aliphatic rings. The summed E-state index contributed by atoms with van der Waals surface area (Å²) in [6, 6.07) is 9.96. The predicted octanol–water partition coefficient (Wildman–Crippen LogP) is 2.70. The van der Waals surface area contributed by atoms with Gasteiger partial charge in [0.15, 0.2) is 0 Å². The molecule has 0 heterocycles. The number of benzene rings is 1. The van der Waals surface area contributed by atoms with Crippen molar-refractivity contribution in [2.45, 2.75) is 25.9 Å². The van der Waals surface area contributed by atoms with Gasteiger partial charge in [-0.2, -0.15) is 0 Å². The SMILES string of the molecule is CC(CN(C)CC1CC1)C(O)c1ccccc1. The van der Waals surface area contributed by atoms with Crippen molar-refractivity contribution >= 4 is 0 Å². The van der Waals surface area contributed by atoms with Gasteiger partial charge in [-0.15, -0.1) is 0 Å². The van der Waals surface area contributed by atoms with Crippen molar-refractivity contribution in [3.05, 3.63) is 35.9 Å². The van der Waals surface area contributed by atoms with Gasteiger partial charge in [-0.3, -0.25) is 0 Å². The van der Waals surface area contributed by atoms with E-state index < -0.39 is 0 Å². The summed E-state index contributed by atoms with van der Waals surface area (Å²) >= 11 is 0. The van der Waals surface area contributed by atoms with Crippen LogP contribution in [0.5, 0.6) is 0 Å². The Balaban J connectivity index is 1.83. The monoisotopic (exact) mass is 233 g/mol. The van der Waals surface area contributed by atoms with E-state index in [0.29, 0.717) is 0 Å². The summed E-state index contributed by atoms with van der Waals surface area (Å²) in [6.07, 6.45) is 2.43. The molecule has 0 aromatic heterocycles. The van der Waals surface area contributed by atoms with E-state index in [9.17, 15) is 5.11 Å². The minimum absolute atomic E-state index is 0.279. The molecule has 1 fully saturated rings. The highest BCUT2D eigenvalue weighted by molar-refractivity contribution is 5.17. The molecule has 1 aromatic carbocycles. The quantitative estimate of drug-likeness (QED) is 0.816. The number of aliphatic hydroxyl groups excluding tert-OH is 1. The van der Waals surface area contributed by atoms with E-state index in [0.717, 1.165) is 18.0 Å². The average Bonchev–Trinajstić information content (AvgIpc) is 3.12. The first-order valence-electron chi connectivity index (χ1n) is 6.58. The van der Waals surface area contributed by atoms with E-state index in [2.05, 4.69) is 18.9 Å². The topological polar surface area (TPSA) is 23.5 Å². The summed E-state index contributed by atoms with van der Waals surface area (Å²) in [5.41, 5.74) is 1.03. The molecular weight excluding hydrogens is 210 g/mol. The van der Waals surface area contributed by atoms with Gasteiger partial charge in [0.2, 0.25) is 0 Å². The van der Waals surface area contributed by atoms with Crippen molar-refractivity contribution in [1.82, 2.24) is 4.90 Å². The maximum Gasteiger partial charge on any atom is 0.0827 e. The molecular formula is C15H23NO. The molecule has 0 bridgehead atoms. The van der Waals surface area contributed by atoms with E-state index >= 15 is 0 Å². The summed E-state index contributed by atoms with van der Waals surface area (Å²) in [5.74, 6) is 1.20. The van der Waals surface area contributed by atoms with Gasteiger partial charge >= 0.3 is 0 Å². The summed E-state index contributed by atoms with van der Waals surface area (Å²) in [6.45, 7) is 4.28. The molecule has 2 rings (SSSR count). The smallest absolute Gasteiger partial charge is 0.0827 e. The molecule has 2 nitrogen and oxygen atoms in total. The maximum atomic E-state index is 10.3. The second-order valence-corrected chi connectivity index (χ2v) is 5.50. The van der Waals surface area contributed by atoms with E-state index in [4.69, 9.17) is 0 Å². The van der Waals surface area contributed by atoms with Crippen LogP contribution in [0.2, 0.25) is 0 Å². The van der Waals surface area contributed by atoms with Crippen LogP contribution in [0.3, 0.4) is 0 Å². The second kappa shape index (κ2) is 5.65. The lowest BCUT2D eigenvalue weighted by Gasteiger charge is -2.25. The first kappa shape index (κ1) is 12.6. The number of hydrogen-bond acceptors (Lipinski definition) is 2. The van der Waals surface area contributed by atoms with Gasteiger partial charge < -0.3 is 10.0 Å². The molecule has 0 radical (unpaired) electrons. The van der Waals surface area contributed by atoms with Gasteiger partial charge in [0.05, 0.1) is 6.10 Å². The van der Waals surface area contributed by atoms with Crippen LogP contribution in [-0.2, 0) is 0 Å². The van der Waals surface area contributed by atoms with Crippen LogP contribution in [0.25, 0.3) is 0 Å². The number of nitrogens with zero attached hydrogens (tertiary/aromatic N) is 1. The van der Waals surface area contributed by atoms with Crippen molar-refractivity contribution in [2.24, 2.45) is 11.8 Å². The fourth-order valence-corrected chi connectivity index (χ4v) is 2.39. The van der Waals surface area contributed by atoms with Crippen LogP contribution in [0.1, 0.15) is 31.4 Å². The van der Waals surface area contributed by atoms with Crippen LogP contribution < -0.4 is 0 Å². The summed E-state index contributed by atoms with van der Waals surface area (Å²) in [7, 11) is 2.16. The van der Waals surface area contributed by atoms with Gasteiger partial charge in [0.1, 0.15) is 0 Å². The molecule has 0 aliphatic heterocycles. The maximum absolute atomic E-state index is 10.3. The standard InChI is InChI=1S/C15H23NO/c1-12(10-16(2)11-13-8-9-13)15(17)14-6-4-3-5-7-14/h3-7,12-13,15,17H,8-11H2,1-2H3. The van der Waals surface area contributed by atoms with Crippen molar-refractivity contribution in [2.75, 3.05) is 20.1 Å². The zero-order valence-electron chi connectivity index (χ0n) is 10.8. The average molecular weight is 233 g/mol. The highest BCUT2D eigenvalue weighted by Crippen LogP contribution is 2.30. The third-order valence-corrected chi connectivity index (χ3v) is 3.55. The molecule has 1 saturated carbocycles. The molecule has 1 N–H and O–H groups in total. The lowest BCUT2D eigenvalue weighted by molar-refractivity contribution is 0.0939. The minimum atomic E-state index is -0.349. The fourth-order valence-electron chi connectivity index (χ4n) is 2.39. The highest BCUT2D eigenvalue weighted by atomic mass is 16.3. The van der Waals surface area contributed by atoms with Crippen LogP contribution in [-0.4, -0.2) is 30.1 Å². The molecule has 94 valence electrons. The summed E-state index contributed by atoms with van der Waals surface area (Å²) in [4.78, 5) is 2.36. The number of rotatable bonds is 6. The molecule has 2 atom stereocenters. The first-order valence-corrected chi connectivity index (χ1v) is 6.58. The van der Waals surface area contributed by atoms with Gasteiger partial charge in [0, 0.05) is 13.1 Å². The molecule has 1 aromatic rings. The Bertz CT molecular complexity index is 334. The Labute approximate surface area is 104 Å². The van der Waals surface area contributed by atoms with E-state index in [1.54, 1.807) is 0 Å². The number of hydrogen-bond donors (Lipinski definition) is 1. The fraction of sp³-hybridized carbons (Fsp3) is 0.600. The molecule has 0 saturated heterocycles. The number of aliphatic hydroxyl groups is 1. The molecule has 1 aliphatic carbocycles. The van der Waals surface area contributed by atoms with Crippen LogP contribution in [0.4, 0.5) is 0 Å². The van der Waals surface area contributed by atoms with E-state index in [-0.39, 0.29) is 12.0 Å². The van der Waals surface area contributed by atoms with Gasteiger partial charge in [-0.05, 0) is 37.3 Å². The van der Waals surface area contributed by atoms with Gasteiger partial charge in [-0.25, -0.2) is 0 Å². The molecule has 2 unspecified atom stereocenters. The predicted molar refractivity (Wildman–Crippen MR) is 70.8 cm³/mol. The molecule has 0 spiro atoms. The normalized spacial score (nSPS) is 19.3. The molecule has 2 heteroatoms. The third-order valence-electron chi connectivity index (χ3n) is 3.55. The summed E-state index contributed by atoms with van der Waals surface area (Å²) < 4.78 is 0. The zero-order valence-corrected chi connectivity index (χ0v) is 10.8. The molecule has 17 heavy (non-hydrogen) atoms. The Hall–Kier alpha value is -0.860. The first-order chi connectivity index (χ1) is 8.16. The molecule has 0 amide bonds. The highest BCUT2D eigenvalue weighted by Gasteiger charge is 2.24. The van der Waals surface area contributed by atoms with Crippen LogP contribution in [0, 0.1) is 11.8 Å². The minimum Gasteiger partial charge on any atom is -0.388 e. The third kappa shape index (κ3) is 3.83. The van der Waals surface area contributed by atoms with Gasteiger partial charge in [0.25, 0.3) is 0 Å². The van der Waals surface area contributed by atoms with Crippen LogP contribution >= 0.6 is 0 Å². The summed E-state index contributed by atoms with van der Waals surface area (Å²) in [5, 5.41) is 10.3. The van der Waals surface area contributed by atoms with Crippen LogP contribution in [0.15, 0.2) is 30.3 Å². The van der Waals surface area contributed by atoms with E-state index in [1.165, 1.54) is 19.4 Å². The Morgan fingerprint density at radius 2 is 1.94 bits per heavy atom. The lowest BCUT2D eigenvalue weighted by Crippen LogP contribution is -2.29. The van der Waals surface area contributed by atoms with Crippen molar-refractivity contribution in [3.8, 4) is 0 Å². The Morgan fingerprint density at radius 1 is 1.29 bits per heavy atom. The zero-order chi connectivity index (χ0) is 12.3. The second-order valence-electron chi connectivity index (χ2n) is 5.50. The Kier molecular flexibility index (Phi) is 4.19. The lowest BCUT2D eigenvalue weighted by atomic mass is 9.97. The van der Waals surface area contributed by atoms with Crippen molar-refractivity contribution in [3.63, 3.8) is 0 Å². The largest absolute Gasteiger partial charge is 0.388 e.